The Morgan fingerprint density at radius 1 is 1.67 bits per heavy atom. The van der Waals surface area contributed by atoms with Crippen LogP contribution in [0.3, 0.4) is 0 Å². The Morgan fingerprint density at radius 3 is 3.00 bits per heavy atom. The van der Waals surface area contributed by atoms with Gasteiger partial charge in [-0.15, -0.1) is 0 Å². The van der Waals surface area contributed by atoms with Crippen molar-refractivity contribution < 1.29 is 18.8 Å². The molecular formula is C9H8FNO4. The van der Waals surface area contributed by atoms with Gasteiger partial charge in [0.2, 0.25) is 0 Å². The van der Waals surface area contributed by atoms with Crippen molar-refractivity contribution in [2.45, 2.75) is 6.10 Å². The molecule has 1 fully saturated rings. The zero-order chi connectivity index (χ0) is 10.8. The summed E-state index contributed by atoms with van der Waals surface area (Å²) in [5.74, 6) is -0.622. The van der Waals surface area contributed by atoms with E-state index in [9.17, 15) is 14.5 Å². The molecule has 0 aromatic heterocycles. The third kappa shape index (κ3) is 2.41. The number of hydrogen-bond acceptors (Lipinski definition) is 4. The fourth-order valence-electron chi connectivity index (χ4n) is 1.10. The molecular weight excluding hydrogens is 205 g/mol. The standard InChI is InChI=1S/C9H8FNO4/c10-6-1-2-8(11(12)13)9(3-6)15-5-7-4-14-7/h1-3,7H,4-5H2. The van der Waals surface area contributed by atoms with Crippen molar-refractivity contribution >= 4 is 5.69 Å². The normalized spacial score (nSPS) is 18.6. The van der Waals surface area contributed by atoms with Gasteiger partial charge in [-0.05, 0) is 6.07 Å². The van der Waals surface area contributed by atoms with Crippen LogP contribution >= 0.6 is 0 Å². The first-order chi connectivity index (χ1) is 7.16. The summed E-state index contributed by atoms with van der Waals surface area (Å²) in [5.41, 5.74) is -0.239. The molecule has 0 aliphatic carbocycles. The fraction of sp³-hybridized carbons (Fsp3) is 0.333. The molecule has 1 atom stereocenters. The first-order valence-electron chi connectivity index (χ1n) is 4.35. The predicted molar refractivity (Wildman–Crippen MR) is 48.3 cm³/mol. The predicted octanol–water partition coefficient (Wildman–Crippen LogP) is 1.51. The average Bonchev–Trinajstić information content (AvgIpc) is 2.97. The van der Waals surface area contributed by atoms with E-state index < -0.39 is 10.7 Å². The molecule has 0 N–H and O–H groups in total. The number of benzene rings is 1. The molecule has 1 aromatic rings. The highest BCUT2D eigenvalue weighted by Gasteiger charge is 2.25. The summed E-state index contributed by atoms with van der Waals surface area (Å²) in [6.45, 7) is 0.799. The number of epoxide rings is 1. The van der Waals surface area contributed by atoms with Gasteiger partial charge in [0.15, 0.2) is 5.75 Å². The maximum absolute atomic E-state index is 12.8. The molecule has 15 heavy (non-hydrogen) atoms. The first kappa shape index (κ1) is 9.85. The van der Waals surface area contributed by atoms with E-state index in [1.54, 1.807) is 0 Å². The second-order valence-electron chi connectivity index (χ2n) is 3.14. The summed E-state index contributed by atoms with van der Waals surface area (Å²) in [4.78, 5) is 9.96. The molecule has 5 nitrogen and oxygen atoms in total. The highest BCUT2D eigenvalue weighted by Crippen LogP contribution is 2.28. The number of rotatable bonds is 4. The van der Waals surface area contributed by atoms with E-state index in [2.05, 4.69) is 0 Å². The lowest BCUT2D eigenvalue weighted by atomic mass is 10.3. The summed E-state index contributed by atoms with van der Waals surface area (Å²) >= 11 is 0. The van der Waals surface area contributed by atoms with E-state index in [1.165, 1.54) is 0 Å². The van der Waals surface area contributed by atoms with E-state index in [4.69, 9.17) is 9.47 Å². The Morgan fingerprint density at radius 2 is 2.40 bits per heavy atom. The Balaban J connectivity index is 2.16. The third-order valence-corrected chi connectivity index (χ3v) is 1.95. The molecule has 1 aliphatic heterocycles. The Bertz CT molecular complexity index is 392. The molecule has 80 valence electrons. The van der Waals surface area contributed by atoms with Gasteiger partial charge in [0, 0.05) is 12.1 Å². The van der Waals surface area contributed by atoms with Crippen molar-refractivity contribution in [3.63, 3.8) is 0 Å². The van der Waals surface area contributed by atoms with Crippen LogP contribution in [0.5, 0.6) is 5.75 Å². The zero-order valence-corrected chi connectivity index (χ0v) is 7.68. The van der Waals surface area contributed by atoms with Gasteiger partial charge in [0.1, 0.15) is 18.5 Å². The van der Waals surface area contributed by atoms with E-state index in [0.29, 0.717) is 6.61 Å². The van der Waals surface area contributed by atoms with Gasteiger partial charge < -0.3 is 9.47 Å². The van der Waals surface area contributed by atoms with Crippen LogP contribution in [0.2, 0.25) is 0 Å². The average molecular weight is 213 g/mol. The van der Waals surface area contributed by atoms with Crippen molar-refractivity contribution in [3.8, 4) is 5.75 Å². The molecule has 0 saturated carbocycles. The van der Waals surface area contributed by atoms with Crippen LogP contribution in [0.15, 0.2) is 18.2 Å². The molecule has 2 rings (SSSR count). The molecule has 0 spiro atoms. The lowest BCUT2D eigenvalue weighted by Crippen LogP contribution is -2.06. The van der Waals surface area contributed by atoms with E-state index in [0.717, 1.165) is 18.2 Å². The molecule has 1 aromatic carbocycles. The third-order valence-electron chi connectivity index (χ3n) is 1.95. The van der Waals surface area contributed by atoms with E-state index >= 15 is 0 Å². The van der Waals surface area contributed by atoms with Crippen molar-refractivity contribution in [1.29, 1.82) is 0 Å². The molecule has 0 bridgehead atoms. The van der Waals surface area contributed by atoms with Gasteiger partial charge in [-0.25, -0.2) is 4.39 Å². The van der Waals surface area contributed by atoms with Crippen LogP contribution < -0.4 is 4.74 Å². The topological polar surface area (TPSA) is 64.9 Å². The summed E-state index contributed by atoms with van der Waals surface area (Å²) in [5, 5.41) is 10.6. The van der Waals surface area contributed by atoms with Crippen LogP contribution in [0.4, 0.5) is 10.1 Å². The van der Waals surface area contributed by atoms with Crippen LogP contribution in [0.25, 0.3) is 0 Å². The molecule has 0 amide bonds. The minimum atomic E-state index is -0.609. The van der Waals surface area contributed by atoms with Gasteiger partial charge in [0.25, 0.3) is 0 Å². The minimum Gasteiger partial charge on any atom is -0.484 e. The van der Waals surface area contributed by atoms with Gasteiger partial charge in [0.05, 0.1) is 11.5 Å². The minimum absolute atomic E-state index is 0.0205. The molecule has 6 heteroatoms. The Kier molecular flexibility index (Phi) is 2.51. The van der Waals surface area contributed by atoms with Crippen LogP contribution in [0.1, 0.15) is 0 Å². The largest absolute Gasteiger partial charge is 0.484 e. The quantitative estimate of drug-likeness (QED) is 0.432. The Labute approximate surface area is 84.6 Å². The fourth-order valence-corrected chi connectivity index (χ4v) is 1.10. The highest BCUT2D eigenvalue weighted by molar-refractivity contribution is 5.46. The highest BCUT2D eigenvalue weighted by atomic mass is 19.1. The van der Waals surface area contributed by atoms with Gasteiger partial charge >= 0.3 is 5.69 Å². The van der Waals surface area contributed by atoms with Crippen LogP contribution in [-0.2, 0) is 4.74 Å². The maximum atomic E-state index is 12.8. The maximum Gasteiger partial charge on any atom is 0.311 e. The van der Waals surface area contributed by atoms with Gasteiger partial charge in [-0.3, -0.25) is 10.1 Å². The van der Waals surface area contributed by atoms with Crippen molar-refractivity contribution in [1.82, 2.24) is 0 Å². The Hall–Kier alpha value is -1.69. The first-order valence-corrected chi connectivity index (χ1v) is 4.35. The summed E-state index contributed by atoms with van der Waals surface area (Å²) in [7, 11) is 0. The number of ether oxygens (including phenoxy) is 2. The lowest BCUT2D eigenvalue weighted by Gasteiger charge is -2.04. The van der Waals surface area contributed by atoms with Gasteiger partial charge in [-0.2, -0.15) is 0 Å². The summed E-state index contributed by atoms with van der Waals surface area (Å²) in [6, 6.07) is 3.11. The van der Waals surface area contributed by atoms with E-state index in [-0.39, 0.29) is 24.1 Å². The summed E-state index contributed by atoms with van der Waals surface area (Å²) < 4.78 is 22.8. The SMILES string of the molecule is O=[N+]([O-])c1ccc(F)cc1OCC1CO1. The number of nitro groups is 1. The zero-order valence-electron chi connectivity index (χ0n) is 7.68. The smallest absolute Gasteiger partial charge is 0.311 e. The second kappa shape index (κ2) is 3.82. The number of nitrogens with zero attached hydrogens (tertiary/aromatic N) is 1. The molecule has 0 radical (unpaired) electrons. The number of halogens is 1. The van der Waals surface area contributed by atoms with Crippen molar-refractivity contribution in [2.24, 2.45) is 0 Å². The van der Waals surface area contributed by atoms with Crippen LogP contribution in [-0.4, -0.2) is 24.2 Å². The van der Waals surface area contributed by atoms with Crippen LogP contribution in [0, 0.1) is 15.9 Å². The van der Waals surface area contributed by atoms with Crippen molar-refractivity contribution in [3.05, 3.63) is 34.1 Å². The molecule has 1 unspecified atom stereocenters. The van der Waals surface area contributed by atoms with Crippen molar-refractivity contribution in [2.75, 3.05) is 13.2 Å². The van der Waals surface area contributed by atoms with Gasteiger partial charge in [-0.1, -0.05) is 0 Å². The molecule has 1 saturated heterocycles. The number of nitro benzene ring substituents is 1. The molecule has 1 heterocycles. The second-order valence-corrected chi connectivity index (χ2v) is 3.14. The number of hydrogen-bond donors (Lipinski definition) is 0. The lowest BCUT2D eigenvalue weighted by molar-refractivity contribution is -0.385. The molecule has 1 aliphatic rings. The monoisotopic (exact) mass is 213 g/mol. The summed E-state index contributed by atoms with van der Waals surface area (Å²) in [6.07, 6.45) is -0.0205. The van der Waals surface area contributed by atoms with E-state index in [1.807, 2.05) is 0 Å².